The molecule has 0 radical (unpaired) electrons. The molecule has 4 nitrogen and oxygen atoms in total. The van der Waals surface area contributed by atoms with Crippen LogP contribution in [0.2, 0.25) is 0 Å². The van der Waals surface area contributed by atoms with Crippen molar-refractivity contribution in [1.29, 1.82) is 0 Å². The van der Waals surface area contributed by atoms with Crippen LogP contribution in [0.4, 0.5) is 4.79 Å². The third-order valence-corrected chi connectivity index (χ3v) is 4.50. The van der Waals surface area contributed by atoms with E-state index in [9.17, 15) is 4.79 Å². The van der Waals surface area contributed by atoms with Crippen molar-refractivity contribution in [3.63, 3.8) is 0 Å². The molecule has 102 valence electrons. The van der Waals surface area contributed by atoms with E-state index >= 15 is 0 Å². The van der Waals surface area contributed by atoms with Crippen molar-refractivity contribution in [2.45, 2.75) is 25.1 Å². The lowest BCUT2D eigenvalue weighted by atomic mass is 9.87. The minimum absolute atomic E-state index is 0.0125. The summed E-state index contributed by atoms with van der Waals surface area (Å²) in [5.74, 6) is 0.870. The maximum Gasteiger partial charge on any atom is 0.320 e. The highest BCUT2D eigenvalue weighted by Gasteiger charge is 2.47. The maximum absolute atomic E-state index is 12.1. The summed E-state index contributed by atoms with van der Waals surface area (Å²) in [6.45, 7) is 1.97. The number of nitrogens with one attached hydrogen (secondary N) is 1. The van der Waals surface area contributed by atoms with Crippen molar-refractivity contribution < 1.29 is 9.53 Å². The molecule has 2 atom stereocenters. The van der Waals surface area contributed by atoms with E-state index in [1.807, 2.05) is 25.1 Å². The summed E-state index contributed by atoms with van der Waals surface area (Å²) in [5.41, 5.74) is 0.532. The van der Waals surface area contributed by atoms with Gasteiger partial charge in [-0.2, -0.15) is 0 Å². The molecule has 1 saturated heterocycles. The summed E-state index contributed by atoms with van der Waals surface area (Å²) in [7, 11) is 1.78. The molecule has 4 heteroatoms. The smallest absolute Gasteiger partial charge is 0.320 e. The van der Waals surface area contributed by atoms with Crippen LogP contribution in [0, 0.1) is 0 Å². The molecule has 2 aliphatic rings. The quantitative estimate of drug-likeness (QED) is 0.798. The van der Waals surface area contributed by atoms with Crippen molar-refractivity contribution >= 4 is 16.8 Å². The first-order chi connectivity index (χ1) is 9.58. The largest absolute Gasteiger partial charge is 0.468 e. The summed E-state index contributed by atoms with van der Waals surface area (Å²) in [6.07, 6.45) is 0.760. The Kier molecular flexibility index (Phi) is 2.12. The van der Waals surface area contributed by atoms with E-state index in [0.717, 1.165) is 23.1 Å². The van der Waals surface area contributed by atoms with Crippen molar-refractivity contribution in [2.75, 3.05) is 7.05 Å². The summed E-state index contributed by atoms with van der Waals surface area (Å²) in [5, 5.41) is 5.41. The van der Waals surface area contributed by atoms with Crippen molar-refractivity contribution in [3.8, 4) is 5.75 Å². The summed E-state index contributed by atoms with van der Waals surface area (Å²) in [6, 6.07) is 12.2. The molecule has 2 unspecified atom stereocenters. The molecular weight excluding hydrogens is 252 g/mol. The summed E-state index contributed by atoms with van der Waals surface area (Å²) in [4.78, 5) is 13.7. The molecule has 0 saturated carbocycles. The topological polar surface area (TPSA) is 41.6 Å². The number of amides is 2. The summed E-state index contributed by atoms with van der Waals surface area (Å²) >= 11 is 0. The number of ether oxygens (including phenoxy) is 1. The number of carbonyl (C=O) groups is 1. The van der Waals surface area contributed by atoms with Crippen molar-refractivity contribution in [3.05, 3.63) is 42.0 Å². The zero-order chi connectivity index (χ0) is 13.9. The molecule has 1 N–H and O–H groups in total. The van der Waals surface area contributed by atoms with E-state index in [1.54, 1.807) is 11.9 Å². The van der Waals surface area contributed by atoms with E-state index in [0.29, 0.717) is 0 Å². The van der Waals surface area contributed by atoms with Gasteiger partial charge in [0.1, 0.15) is 5.75 Å². The third kappa shape index (κ3) is 1.39. The zero-order valence-electron chi connectivity index (χ0n) is 11.5. The van der Waals surface area contributed by atoms with Crippen LogP contribution in [0.15, 0.2) is 36.4 Å². The van der Waals surface area contributed by atoms with Gasteiger partial charge < -0.3 is 10.1 Å². The second-order valence-corrected chi connectivity index (χ2v) is 5.74. The van der Waals surface area contributed by atoms with Gasteiger partial charge >= 0.3 is 6.03 Å². The first-order valence-corrected chi connectivity index (χ1v) is 6.83. The Labute approximate surface area is 117 Å². The second-order valence-electron chi connectivity index (χ2n) is 5.74. The van der Waals surface area contributed by atoms with Gasteiger partial charge in [0, 0.05) is 19.0 Å². The maximum atomic E-state index is 12.1. The minimum Gasteiger partial charge on any atom is -0.468 e. The first kappa shape index (κ1) is 11.6. The fourth-order valence-corrected chi connectivity index (χ4v) is 3.27. The Morgan fingerprint density at radius 3 is 2.95 bits per heavy atom. The van der Waals surface area contributed by atoms with E-state index in [-0.39, 0.29) is 12.1 Å². The molecular formula is C16H16N2O2. The molecule has 2 aromatic carbocycles. The van der Waals surface area contributed by atoms with Gasteiger partial charge in [0.05, 0.1) is 6.04 Å². The fourth-order valence-electron chi connectivity index (χ4n) is 3.27. The Balaban J connectivity index is 1.97. The lowest BCUT2D eigenvalue weighted by Crippen LogP contribution is -2.63. The molecule has 2 bridgehead atoms. The van der Waals surface area contributed by atoms with E-state index < -0.39 is 5.72 Å². The molecule has 2 aromatic rings. The van der Waals surface area contributed by atoms with Gasteiger partial charge in [-0.25, -0.2) is 4.79 Å². The highest BCUT2D eigenvalue weighted by molar-refractivity contribution is 5.89. The Bertz CT molecular complexity index is 727. The Hall–Kier alpha value is -2.23. The van der Waals surface area contributed by atoms with Crippen LogP contribution in [0.1, 0.15) is 24.9 Å². The highest BCUT2D eigenvalue weighted by Crippen LogP contribution is 2.46. The molecule has 2 aliphatic heterocycles. The van der Waals surface area contributed by atoms with E-state index in [2.05, 4.69) is 23.5 Å². The predicted molar refractivity (Wildman–Crippen MR) is 76.6 cm³/mol. The van der Waals surface area contributed by atoms with Gasteiger partial charge in [0.15, 0.2) is 5.72 Å². The number of benzene rings is 2. The van der Waals surface area contributed by atoms with E-state index in [1.165, 1.54) is 5.39 Å². The van der Waals surface area contributed by atoms with Gasteiger partial charge in [-0.1, -0.05) is 30.3 Å². The van der Waals surface area contributed by atoms with Crippen LogP contribution in [0.3, 0.4) is 0 Å². The number of hydrogen-bond donors (Lipinski definition) is 1. The van der Waals surface area contributed by atoms with Gasteiger partial charge in [0.2, 0.25) is 0 Å². The Morgan fingerprint density at radius 2 is 2.10 bits per heavy atom. The lowest BCUT2D eigenvalue weighted by Gasteiger charge is -2.49. The predicted octanol–water partition coefficient (Wildman–Crippen LogP) is 3.03. The normalized spacial score (nSPS) is 27.8. The average molecular weight is 268 g/mol. The Morgan fingerprint density at radius 1 is 1.30 bits per heavy atom. The second kappa shape index (κ2) is 3.66. The molecule has 2 heterocycles. The number of urea groups is 1. The van der Waals surface area contributed by atoms with Crippen molar-refractivity contribution in [2.24, 2.45) is 0 Å². The van der Waals surface area contributed by atoms with Crippen LogP contribution in [-0.4, -0.2) is 23.7 Å². The molecule has 0 aromatic heterocycles. The number of carbonyl (C=O) groups excluding carboxylic acids is 1. The SMILES string of the molecule is CN1C(=O)NC2CC1(C)Oc1ccc3ccccc3c12. The fraction of sp³-hybridized carbons (Fsp3) is 0.312. The van der Waals surface area contributed by atoms with Gasteiger partial charge in [0.25, 0.3) is 0 Å². The van der Waals surface area contributed by atoms with Gasteiger partial charge in [-0.3, -0.25) is 4.90 Å². The third-order valence-electron chi connectivity index (χ3n) is 4.50. The zero-order valence-corrected chi connectivity index (χ0v) is 11.5. The van der Waals surface area contributed by atoms with Crippen molar-refractivity contribution in [1.82, 2.24) is 10.2 Å². The number of fused-ring (bicyclic) bond motifs is 6. The van der Waals surface area contributed by atoms with Crippen LogP contribution in [-0.2, 0) is 0 Å². The van der Waals surface area contributed by atoms with Gasteiger partial charge in [-0.15, -0.1) is 0 Å². The van der Waals surface area contributed by atoms with Gasteiger partial charge in [-0.05, 0) is 23.8 Å². The standard InChI is InChI=1S/C16H16N2O2/c1-16-9-12(17-15(19)18(16)2)14-11-6-4-3-5-10(11)7-8-13(14)20-16/h3-8,12H,9H2,1-2H3,(H,17,19). The molecule has 0 aliphatic carbocycles. The number of rotatable bonds is 0. The van der Waals surface area contributed by atoms with Crippen LogP contribution >= 0.6 is 0 Å². The number of hydrogen-bond acceptors (Lipinski definition) is 2. The highest BCUT2D eigenvalue weighted by atomic mass is 16.5. The van der Waals surface area contributed by atoms with Crippen LogP contribution in [0.5, 0.6) is 5.75 Å². The van der Waals surface area contributed by atoms with Crippen LogP contribution in [0.25, 0.3) is 10.8 Å². The number of nitrogens with zero attached hydrogens (tertiary/aromatic N) is 1. The average Bonchev–Trinajstić information content (AvgIpc) is 2.44. The minimum atomic E-state index is -0.567. The summed E-state index contributed by atoms with van der Waals surface area (Å²) < 4.78 is 6.15. The molecule has 1 fully saturated rings. The van der Waals surface area contributed by atoms with E-state index in [4.69, 9.17) is 4.74 Å². The first-order valence-electron chi connectivity index (χ1n) is 6.83. The molecule has 0 spiro atoms. The molecule has 4 rings (SSSR count). The van der Waals surface area contributed by atoms with Crippen LogP contribution < -0.4 is 10.1 Å². The lowest BCUT2D eigenvalue weighted by molar-refractivity contribution is -0.0714. The molecule has 20 heavy (non-hydrogen) atoms. The molecule has 2 amide bonds. The monoisotopic (exact) mass is 268 g/mol.